The molecule has 15 heavy (non-hydrogen) atoms. The van der Waals surface area contributed by atoms with Crippen LogP contribution in [0.3, 0.4) is 0 Å². The summed E-state index contributed by atoms with van der Waals surface area (Å²) in [5, 5.41) is 0. The van der Waals surface area contributed by atoms with Gasteiger partial charge in [0, 0.05) is 6.20 Å². The van der Waals surface area contributed by atoms with Gasteiger partial charge in [0.15, 0.2) is 0 Å². The minimum atomic E-state index is 0.542. The lowest BCUT2D eigenvalue weighted by molar-refractivity contribution is 1.62. The zero-order chi connectivity index (χ0) is 11.4. The fraction of sp³-hybridized carbons (Fsp3) is 0.0714. The largest absolute Gasteiger partial charge is 0.263 e. The van der Waals surface area contributed by atoms with Crippen LogP contribution in [0.5, 0.6) is 0 Å². The van der Waals surface area contributed by atoms with Gasteiger partial charge in [0.1, 0.15) is 0 Å². The van der Waals surface area contributed by atoms with Crippen molar-refractivity contribution in [1.29, 1.82) is 0 Å². The van der Waals surface area contributed by atoms with Gasteiger partial charge in [0.05, 0.1) is 11.8 Å². The van der Waals surface area contributed by atoms with Crippen molar-refractivity contribution >= 4 is 6.21 Å². The smallest absolute Gasteiger partial charge is 0.0947 e. The predicted octanol–water partition coefficient (Wildman–Crippen LogP) is 2.40. The molecule has 0 aromatic rings. The Morgan fingerprint density at radius 2 is 2.07 bits per heavy atom. The summed E-state index contributed by atoms with van der Waals surface area (Å²) < 4.78 is 0. The highest BCUT2D eigenvalue weighted by Gasteiger charge is 1.80. The first-order valence-electron chi connectivity index (χ1n) is 4.07. The van der Waals surface area contributed by atoms with E-state index in [0.717, 1.165) is 0 Å². The van der Waals surface area contributed by atoms with Gasteiger partial charge in [-0.05, 0) is 48.5 Å². The average Bonchev–Trinajstić information content (AvgIpc) is 2.25. The van der Waals surface area contributed by atoms with E-state index in [9.17, 15) is 0 Å². The van der Waals surface area contributed by atoms with E-state index in [1.807, 2.05) is 0 Å². The predicted molar refractivity (Wildman–Crippen MR) is 63.1 cm³/mol. The molecule has 0 atom stereocenters. The lowest BCUT2D eigenvalue weighted by Crippen LogP contribution is -1.75. The monoisotopic (exact) mass is 191 g/mol. The van der Waals surface area contributed by atoms with E-state index >= 15 is 0 Å². The molecule has 0 amide bonds. The van der Waals surface area contributed by atoms with Crippen LogP contribution in [0.2, 0.25) is 0 Å². The van der Waals surface area contributed by atoms with Crippen LogP contribution < -0.4 is 0 Å². The van der Waals surface area contributed by atoms with Gasteiger partial charge in [0.25, 0.3) is 0 Å². The average molecular weight is 191 g/mol. The topological polar surface area (TPSA) is 12.4 Å². The van der Waals surface area contributed by atoms with Crippen LogP contribution >= 0.6 is 0 Å². The van der Waals surface area contributed by atoms with Crippen LogP contribution in [-0.4, -0.2) is 6.21 Å². The van der Waals surface area contributed by atoms with E-state index in [2.05, 4.69) is 64.8 Å². The van der Waals surface area contributed by atoms with Crippen molar-refractivity contribution in [3.63, 3.8) is 0 Å². The molecule has 0 spiro atoms. The van der Waals surface area contributed by atoms with E-state index < -0.39 is 0 Å². The van der Waals surface area contributed by atoms with Crippen LogP contribution in [0, 0.1) is 23.7 Å². The first-order valence-corrected chi connectivity index (χ1v) is 4.07. The maximum atomic E-state index is 3.81. The van der Waals surface area contributed by atoms with Crippen LogP contribution in [0.25, 0.3) is 0 Å². The molecule has 0 bridgehead atoms. The second-order valence-electron chi connectivity index (χ2n) is 2.05. The van der Waals surface area contributed by atoms with Gasteiger partial charge in [-0.15, -0.1) is 0 Å². The molecule has 0 N–H and O–H groups in total. The number of aliphatic imine (C=N–C) groups is 1. The Hall–Kier alpha value is -2.61. The van der Waals surface area contributed by atoms with Crippen LogP contribution in [0.4, 0.5) is 0 Å². The number of allylic oxidation sites excluding steroid dienone is 1. The fourth-order valence-electron chi connectivity index (χ4n) is 0.527. The highest BCUT2D eigenvalue weighted by molar-refractivity contribution is 5.84. The van der Waals surface area contributed by atoms with E-state index in [0.29, 0.717) is 5.57 Å². The number of nitrogens with zero attached hydrogens (tertiary/aromatic N) is 1. The molecule has 0 radical (unpaired) electrons. The molecule has 0 aliphatic carbocycles. The Morgan fingerprint density at radius 3 is 2.67 bits per heavy atom. The summed E-state index contributed by atoms with van der Waals surface area (Å²) in [6, 6.07) is 0. The quantitative estimate of drug-likeness (QED) is 0.361. The van der Waals surface area contributed by atoms with Crippen molar-refractivity contribution in [2.24, 2.45) is 4.99 Å². The third kappa shape index (κ3) is 7.74. The van der Waals surface area contributed by atoms with Gasteiger partial charge in [-0.2, -0.15) is 0 Å². The van der Waals surface area contributed by atoms with Gasteiger partial charge in [-0.1, -0.05) is 18.2 Å². The maximum absolute atomic E-state index is 3.81. The van der Waals surface area contributed by atoms with Crippen molar-refractivity contribution in [3.8, 4) is 23.7 Å². The summed E-state index contributed by atoms with van der Waals surface area (Å²) in [6.07, 6.45) is 2.91. The van der Waals surface area contributed by atoms with Gasteiger partial charge >= 0.3 is 0 Å². The molecule has 0 fully saturated rings. The Kier molecular flexibility index (Phi) is 7.83. The molecule has 0 unspecified atom stereocenters. The molecule has 0 aromatic heterocycles. The first-order chi connectivity index (χ1) is 7.35. The van der Waals surface area contributed by atoms with Gasteiger partial charge in [-0.3, -0.25) is 4.99 Å². The third-order valence-corrected chi connectivity index (χ3v) is 1.04. The van der Waals surface area contributed by atoms with Crippen molar-refractivity contribution in [2.45, 2.75) is 6.92 Å². The summed E-state index contributed by atoms with van der Waals surface area (Å²) in [5.74, 6) is 10.6. The summed E-state index contributed by atoms with van der Waals surface area (Å²) in [5.41, 5.74) is 10.8. The standard InChI is InChI=1S/C14H9N/c1-4-7-9-11-14(13-15-6-3)12-10-8-5-2/h6,13H,1,3H2,2H3/b15-13-. The molecule has 0 rings (SSSR count). The molecular weight excluding hydrogens is 182 g/mol. The highest BCUT2D eigenvalue weighted by Crippen LogP contribution is 1.84. The third-order valence-electron chi connectivity index (χ3n) is 1.04. The van der Waals surface area contributed by atoms with Crippen molar-refractivity contribution < 1.29 is 0 Å². The number of hydrogen-bond acceptors (Lipinski definition) is 1. The van der Waals surface area contributed by atoms with Gasteiger partial charge in [0.2, 0.25) is 0 Å². The molecule has 0 aliphatic heterocycles. The summed E-state index contributed by atoms with van der Waals surface area (Å²) in [7, 11) is 0. The van der Waals surface area contributed by atoms with Gasteiger partial charge in [-0.25, -0.2) is 0 Å². The molecule has 0 saturated carbocycles. The SMILES string of the molecule is C=C=C=C=C=C(C#CC#CC)/C=N\C=C. The summed E-state index contributed by atoms with van der Waals surface area (Å²) in [4.78, 5) is 3.81. The van der Waals surface area contributed by atoms with Crippen molar-refractivity contribution in [3.05, 3.63) is 47.9 Å². The molecule has 1 heteroatoms. The molecule has 0 saturated heterocycles. The fourth-order valence-corrected chi connectivity index (χ4v) is 0.527. The minimum Gasteiger partial charge on any atom is -0.263 e. The van der Waals surface area contributed by atoms with E-state index in [1.54, 1.807) is 6.92 Å². The first kappa shape index (κ1) is 12.4. The van der Waals surface area contributed by atoms with Crippen LogP contribution in [-0.2, 0) is 0 Å². The highest BCUT2D eigenvalue weighted by atomic mass is 14.6. The van der Waals surface area contributed by atoms with Crippen LogP contribution in [0.15, 0.2) is 52.8 Å². The Balaban J connectivity index is 5.34. The lowest BCUT2D eigenvalue weighted by Gasteiger charge is -1.78. The Labute approximate surface area is 90.2 Å². The second kappa shape index (κ2) is 9.48. The molecule has 0 heterocycles. The molecule has 1 nitrogen and oxygen atoms in total. The number of rotatable bonds is 2. The van der Waals surface area contributed by atoms with Crippen LogP contribution in [0.1, 0.15) is 6.92 Å². The van der Waals surface area contributed by atoms with Gasteiger partial charge < -0.3 is 0 Å². The molecular formula is C14H9N. The summed E-state index contributed by atoms with van der Waals surface area (Å²) >= 11 is 0. The maximum Gasteiger partial charge on any atom is 0.0947 e. The Morgan fingerprint density at radius 1 is 1.27 bits per heavy atom. The van der Waals surface area contributed by atoms with E-state index in [1.165, 1.54) is 12.4 Å². The lowest BCUT2D eigenvalue weighted by atomic mass is 10.3. The molecule has 70 valence electrons. The minimum absolute atomic E-state index is 0.542. The number of hydrogen-bond donors (Lipinski definition) is 0. The van der Waals surface area contributed by atoms with Crippen molar-refractivity contribution in [2.75, 3.05) is 0 Å². The van der Waals surface area contributed by atoms with E-state index in [-0.39, 0.29) is 0 Å². The van der Waals surface area contributed by atoms with E-state index in [4.69, 9.17) is 0 Å². The zero-order valence-electron chi connectivity index (χ0n) is 8.52. The van der Waals surface area contributed by atoms with Crippen molar-refractivity contribution in [1.82, 2.24) is 0 Å². The molecule has 0 aliphatic rings. The second-order valence-corrected chi connectivity index (χ2v) is 2.05. The Bertz CT molecular complexity index is 528. The molecule has 0 aromatic carbocycles. The summed E-state index contributed by atoms with van der Waals surface area (Å²) in [6.45, 7) is 8.51. The normalized spacial score (nSPS) is 6.47. The zero-order valence-corrected chi connectivity index (χ0v) is 8.52.